The van der Waals surface area contributed by atoms with Crippen LogP contribution in [0.5, 0.6) is 0 Å². The lowest BCUT2D eigenvalue weighted by molar-refractivity contribution is -0.143. The average molecular weight is 228 g/mol. The number of methoxy groups -OCH3 is 1. The van der Waals surface area contributed by atoms with Crippen LogP contribution in [-0.4, -0.2) is 51.0 Å². The summed E-state index contributed by atoms with van der Waals surface area (Å²) >= 11 is 0. The molecule has 0 aromatic heterocycles. The molecule has 0 aliphatic rings. The number of ether oxygens (including phenoxy) is 1. The summed E-state index contributed by atoms with van der Waals surface area (Å²) in [5.74, 6) is 0. The van der Waals surface area contributed by atoms with E-state index in [1.54, 1.807) is 7.11 Å². The van der Waals surface area contributed by atoms with Crippen LogP contribution in [0.3, 0.4) is 0 Å². The summed E-state index contributed by atoms with van der Waals surface area (Å²) in [4.78, 5) is 1.19. The first-order valence-electron chi connectivity index (χ1n) is 4.85. The van der Waals surface area contributed by atoms with E-state index >= 15 is 0 Å². The molecule has 0 aliphatic heterocycles. The van der Waals surface area contributed by atoms with Gasteiger partial charge in [0, 0.05) is 26.3 Å². The smallest absolute Gasteiger partial charge is 0.385 e. The zero-order valence-corrected chi connectivity index (χ0v) is 9.18. The molecule has 0 amide bonds. The molecular formula is C9H19F3N2O. The van der Waals surface area contributed by atoms with Crippen molar-refractivity contribution in [3.05, 3.63) is 0 Å². The van der Waals surface area contributed by atoms with Gasteiger partial charge in [0.15, 0.2) is 0 Å². The third-order valence-electron chi connectivity index (χ3n) is 1.92. The van der Waals surface area contributed by atoms with E-state index < -0.39 is 12.7 Å². The van der Waals surface area contributed by atoms with E-state index in [4.69, 9.17) is 10.5 Å². The van der Waals surface area contributed by atoms with Gasteiger partial charge < -0.3 is 10.5 Å². The number of nitrogens with two attached hydrogens (primary N) is 1. The van der Waals surface area contributed by atoms with Gasteiger partial charge in [0.1, 0.15) is 0 Å². The highest BCUT2D eigenvalue weighted by Gasteiger charge is 2.29. The lowest BCUT2D eigenvalue weighted by Gasteiger charge is -2.22. The number of hydrogen-bond donors (Lipinski definition) is 1. The molecule has 6 heteroatoms. The van der Waals surface area contributed by atoms with E-state index in [-0.39, 0.29) is 12.6 Å². The maximum atomic E-state index is 12.0. The van der Waals surface area contributed by atoms with E-state index in [1.165, 1.54) is 11.9 Å². The second-order valence-corrected chi connectivity index (χ2v) is 3.71. The first-order chi connectivity index (χ1) is 6.85. The Labute approximate surface area is 88.4 Å². The van der Waals surface area contributed by atoms with E-state index in [9.17, 15) is 13.2 Å². The molecule has 0 fully saturated rings. The molecule has 0 aromatic rings. The second kappa shape index (κ2) is 7.03. The first-order valence-corrected chi connectivity index (χ1v) is 4.85. The molecule has 3 nitrogen and oxygen atoms in total. The Hall–Kier alpha value is -0.330. The van der Waals surface area contributed by atoms with E-state index in [1.807, 2.05) is 0 Å². The predicted molar refractivity (Wildman–Crippen MR) is 52.6 cm³/mol. The number of likely N-dealkylation sites (N-methyl/N-ethyl adjacent to an activating group) is 1. The lowest BCUT2D eigenvalue weighted by atomic mass is 10.1. The molecule has 0 rings (SSSR count). The van der Waals surface area contributed by atoms with Crippen molar-refractivity contribution in [3.63, 3.8) is 0 Å². The van der Waals surface area contributed by atoms with Crippen LogP contribution >= 0.6 is 0 Å². The van der Waals surface area contributed by atoms with E-state index in [0.717, 1.165) is 6.42 Å². The standard InChI is InChI=1S/C9H19F3N2O/c1-14(7-9(10,11)12)6-8(13)4-3-5-15-2/h8H,3-7,13H2,1-2H3. The minimum Gasteiger partial charge on any atom is -0.385 e. The van der Waals surface area contributed by atoms with Crippen LogP contribution in [0, 0.1) is 0 Å². The van der Waals surface area contributed by atoms with Crippen LogP contribution in [0.1, 0.15) is 12.8 Å². The highest BCUT2D eigenvalue weighted by atomic mass is 19.4. The average Bonchev–Trinajstić information content (AvgIpc) is 2.00. The van der Waals surface area contributed by atoms with Crippen molar-refractivity contribution in [1.82, 2.24) is 4.90 Å². The summed E-state index contributed by atoms with van der Waals surface area (Å²) in [5.41, 5.74) is 5.67. The Bertz CT molecular complexity index is 164. The second-order valence-electron chi connectivity index (χ2n) is 3.71. The summed E-state index contributed by atoms with van der Waals surface area (Å²) in [7, 11) is 3.00. The number of halogens is 3. The van der Waals surface area contributed by atoms with Gasteiger partial charge >= 0.3 is 6.18 Å². The van der Waals surface area contributed by atoms with Gasteiger partial charge in [0.2, 0.25) is 0 Å². The van der Waals surface area contributed by atoms with Crippen LogP contribution in [0.15, 0.2) is 0 Å². The van der Waals surface area contributed by atoms with Gasteiger partial charge in [-0.3, -0.25) is 4.90 Å². The maximum Gasteiger partial charge on any atom is 0.401 e. The third-order valence-corrected chi connectivity index (χ3v) is 1.92. The van der Waals surface area contributed by atoms with Gasteiger partial charge in [-0.05, 0) is 19.9 Å². The van der Waals surface area contributed by atoms with Gasteiger partial charge in [-0.1, -0.05) is 0 Å². The fourth-order valence-electron chi connectivity index (χ4n) is 1.35. The maximum absolute atomic E-state index is 12.0. The molecule has 2 N–H and O–H groups in total. The van der Waals surface area contributed by atoms with Crippen LogP contribution in [0.25, 0.3) is 0 Å². The zero-order chi connectivity index (χ0) is 11.9. The molecule has 92 valence electrons. The third kappa shape index (κ3) is 9.96. The van der Waals surface area contributed by atoms with Crippen molar-refractivity contribution < 1.29 is 17.9 Å². The molecule has 1 atom stereocenters. The van der Waals surface area contributed by atoms with E-state index in [0.29, 0.717) is 13.0 Å². The largest absolute Gasteiger partial charge is 0.401 e. The van der Waals surface area contributed by atoms with Crippen molar-refractivity contribution in [1.29, 1.82) is 0 Å². The summed E-state index contributed by atoms with van der Waals surface area (Å²) in [6.45, 7) is -0.0646. The number of nitrogens with zero attached hydrogens (tertiary/aromatic N) is 1. The Morgan fingerprint density at radius 2 is 2.00 bits per heavy atom. The molecule has 0 spiro atoms. The fraction of sp³-hybridized carbons (Fsp3) is 1.00. The van der Waals surface area contributed by atoms with Crippen LogP contribution in [-0.2, 0) is 4.74 Å². The van der Waals surface area contributed by atoms with Crippen molar-refractivity contribution in [2.75, 3.05) is 33.9 Å². The van der Waals surface area contributed by atoms with Crippen LogP contribution in [0.4, 0.5) is 13.2 Å². The zero-order valence-electron chi connectivity index (χ0n) is 9.18. The SMILES string of the molecule is COCCCC(N)CN(C)CC(F)(F)F. The van der Waals surface area contributed by atoms with Gasteiger partial charge in [0.05, 0.1) is 6.54 Å². The van der Waals surface area contributed by atoms with Gasteiger partial charge in [-0.15, -0.1) is 0 Å². The Balaban J connectivity index is 3.62. The molecule has 0 heterocycles. The molecule has 0 saturated carbocycles. The molecule has 15 heavy (non-hydrogen) atoms. The molecule has 0 aromatic carbocycles. The van der Waals surface area contributed by atoms with Crippen molar-refractivity contribution in [2.24, 2.45) is 5.73 Å². The van der Waals surface area contributed by atoms with Crippen molar-refractivity contribution >= 4 is 0 Å². The van der Waals surface area contributed by atoms with Gasteiger partial charge in [-0.25, -0.2) is 0 Å². The Morgan fingerprint density at radius 1 is 1.40 bits per heavy atom. The van der Waals surface area contributed by atoms with Gasteiger partial charge in [0.25, 0.3) is 0 Å². The summed E-state index contributed by atoms with van der Waals surface area (Å²) < 4.78 is 40.7. The number of hydrogen-bond acceptors (Lipinski definition) is 3. The fourth-order valence-corrected chi connectivity index (χ4v) is 1.35. The number of alkyl halides is 3. The molecule has 1 unspecified atom stereocenters. The number of rotatable bonds is 7. The molecular weight excluding hydrogens is 209 g/mol. The predicted octanol–water partition coefficient (Wildman–Crippen LogP) is 1.23. The summed E-state index contributed by atoms with van der Waals surface area (Å²) in [6, 6.07) is -0.229. The molecule has 0 bridgehead atoms. The highest BCUT2D eigenvalue weighted by molar-refractivity contribution is 4.68. The van der Waals surface area contributed by atoms with Crippen LogP contribution in [0.2, 0.25) is 0 Å². The molecule has 0 aliphatic carbocycles. The lowest BCUT2D eigenvalue weighted by Crippen LogP contribution is -2.40. The topological polar surface area (TPSA) is 38.5 Å². The Kier molecular flexibility index (Phi) is 6.87. The Morgan fingerprint density at radius 3 is 2.47 bits per heavy atom. The quantitative estimate of drug-likeness (QED) is 0.666. The van der Waals surface area contributed by atoms with E-state index in [2.05, 4.69) is 0 Å². The van der Waals surface area contributed by atoms with Crippen molar-refractivity contribution in [2.45, 2.75) is 25.1 Å². The summed E-state index contributed by atoms with van der Waals surface area (Å²) in [5, 5.41) is 0. The first kappa shape index (κ1) is 14.7. The minimum atomic E-state index is -4.15. The molecule has 0 saturated heterocycles. The van der Waals surface area contributed by atoms with Crippen molar-refractivity contribution in [3.8, 4) is 0 Å². The van der Waals surface area contributed by atoms with Gasteiger partial charge in [-0.2, -0.15) is 13.2 Å². The highest BCUT2D eigenvalue weighted by Crippen LogP contribution is 2.15. The normalized spacial score (nSPS) is 14.6. The molecule has 0 radical (unpaired) electrons. The monoisotopic (exact) mass is 228 g/mol. The van der Waals surface area contributed by atoms with Crippen LogP contribution < -0.4 is 5.73 Å². The minimum absolute atomic E-state index is 0.229. The summed E-state index contributed by atoms with van der Waals surface area (Å²) in [6.07, 6.45) is -2.70.